The van der Waals surface area contributed by atoms with Crippen LogP contribution in [0.4, 0.5) is 5.69 Å². The monoisotopic (exact) mass is 399 g/mol. The molecule has 156 valence electrons. The molecule has 2 aromatic rings. The molecule has 0 spiro atoms. The Morgan fingerprint density at radius 2 is 1.66 bits per heavy atom. The molecule has 0 bridgehead atoms. The lowest BCUT2D eigenvalue weighted by atomic mass is 10.2. The molecule has 0 radical (unpaired) electrons. The summed E-state index contributed by atoms with van der Waals surface area (Å²) in [5.74, 6) is 0.486. The zero-order valence-electron chi connectivity index (χ0n) is 17.7. The fourth-order valence-corrected chi connectivity index (χ4v) is 2.77. The number of ether oxygens (including phenoxy) is 3. The van der Waals surface area contributed by atoms with Crippen LogP contribution in [0.2, 0.25) is 0 Å². The first-order valence-electron chi connectivity index (χ1n) is 9.68. The Hall–Kier alpha value is -3.02. The zero-order chi connectivity index (χ0) is 21.4. The molecule has 2 aromatic carbocycles. The van der Waals surface area contributed by atoms with Crippen molar-refractivity contribution >= 4 is 17.6 Å². The number of hydrogen-bond donors (Lipinski definition) is 0. The van der Waals surface area contributed by atoms with E-state index in [4.69, 9.17) is 14.2 Å². The van der Waals surface area contributed by atoms with Gasteiger partial charge in [-0.05, 0) is 50.1 Å². The predicted octanol–water partition coefficient (Wildman–Crippen LogP) is 4.33. The maximum atomic E-state index is 12.7. The minimum absolute atomic E-state index is 0.0684. The van der Waals surface area contributed by atoms with Crippen LogP contribution < -0.4 is 14.4 Å². The summed E-state index contributed by atoms with van der Waals surface area (Å²) in [4.78, 5) is 26.7. The standard InChI is InChI=1S/C23H29NO5/c1-16(2)14-28-20-12-11-18(13-21(20)27-5)23(26)29-15-22(25)24(17(3)4)19-9-7-6-8-10-19/h6-13,16-17H,14-15H2,1-5H3. The largest absolute Gasteiger partial charge is 0.493 e. The summed E-state index contributed by atoms with van der Waals surface area (Å²) < 4.78 is 16.3. The first-order chi connectivity index (χ1) is 13.8. The lowest BCUT2D eigenvalue weighted by molar-refractivity contribution is -0.122. The van der Waals surface area contributed by atoms with Crippen molar-refractivity contribution in [3.63, 3.8) is 0 Å². The van der Waals surface area contributed by atoms with Gasteiger partial charge < -0.3 is 19.1 Å². The smallest absolute Gasteiger partial charge is 0.338 e. The molecule has 0 fully saturated rings. The van der Waals surface area contributed by atoms with Crippen molar-refractivity contribution in [3.05, 3.63) is 54.1 Å². The molecule has 29 heavy (non-hydrogen) atoms. The molecule has 6 heteroatoms. The molecular weight excluding hydrogens is 370 g/mol. The zero-order valence-corrected chi connectivity index (χ0v) is 17.7. The number of amides is 1. The highest BCUT2D eigenvalue weighted by Crippen LogP contribution is 2.29. The van der Waals surface area contributed by atoms with Gasteiger partial charge in [0, 0.05) is 11.7 Å². The van der Waals surface area contributed by atoms with Gasteiger partial charge in [0.05, 0.1) is 19.3 Å². The van der Waals surface area contributed by atoms with Gasteiger partial charge in [-0.1, -0.05) is 32.0 Å². The first-order valence-corrected chi connectivity index (χ1v) is 9.68. The molecule has 0 aliphatic carbocycles. The van der Waals surface area contributed by atoms with Crippen LogP contribution in [0.25, 0.3) is 0 Å². The number of esters is 1. The fraction of sp³-hybridized carbons (Fsp3) is 0.391. The Labute approximate surface area is 172 Å². The number of nitrogens with zero attached hydrogens (tertiary/aromatic N) is 1. The van der Waals surface area contributed by atoms with Crippen LogP contribution in [-0.2, 0) is 9.53 Å². The van der Waals surface area contributed by atoms with Gasteiger partial charge >= 0.3 is 5.97 Å². The van der Waals surface area contributed by atoms with Crippen molar-refractivity contribution in [2.45, 2.75) is 33.7 Å². The van der Waals surface area contributed by atoms with E-state index in [0.717, 1.165) is 5.69 Å². The van der Waals surface area contributed by atoms with Gasteiger partial charge in [-0.3, -0.25) is 4.79 Å². The van der Waals surface area contributed by atoms with Crippen LogP contribution in [0.15, 0.2) is 48.5 Å². The van der Waals surface area contributed by atoms with Crippen molar-refractivity contribution in [3.8, 4) is 11.5 Å². The summed E-state index contributed by atoms with van der Waals surface area (Å²) in [6.45, 7) is 8.11. The molecule has 0 aliphatic rings. The quantitative estimate of drug-likeness (QED) is 0.587. The average molecular weight is 399 g/mol. The average Bonchev–Trinajstić information content (AvgIpc) is 2.70. The third-order valence-electron chi connectivity index (χ3n) is 4.12. The van der Waals surface area contributed by atoms with Crippen molar-refractivity contribution < 1.29 is 23.8 Å². The molecule has 1 amide bonds. The van der Waals surface area contributed by atoms with Gasteiger partial charge in [-0.15, -0.1) is 0 Å². The Morgan fingerprint density at radius 3 is 2.24 bits per heavy atom. The molecule has 0 aromatic heterocycles. The summed E-state index contributed by atoms with van der Waals surface area (Å²) in [7, 11) is 1.51. The minimum atomic E-state index is -0.594. The minimum Gasteiger partial charge on any atom is -0.493 e. The predicted molar refractivity (Wildman–Crippen MR) is 113 cm³/mol. The second-order valence-corrected chi connectivity index (χ2v) is 7.34. The number of hydrogen-bond acceptors (Lipinski definition) is 5. The molecule has 0 saturated heterocycles. The molecule has 2 rings (SSSR count). The van der Waals surface area contributed by atoms with E-state index in [1.807, 2.05) is 58.0 Å². The molecule has 6 nitrogen and oxygen atoms in total. The third kappa shape index (κ3) is 6.24. The van der Waals surface area contributed by atoms with Crippen LogP contribution in [0, 0.1) is 5.92 Å². The van der Waals surface area contributed by atoms with Crippen molar-refractivity contribution in [1.29, 1.82) is 0 Å². The highest BCUT2D eigenvalue weighted by atomic mass is 16.5. The Morgan fingerprint density at radius 1 is 0.966 bits per heavy atom. The van der Waals surface area contributed by atoms with Gasteiger partial charge in [0.1, 0.15) is 0 Å². The number of benzene rings is 2. The summed E-state index contributed by atoms with van der Waals surface area (Å²) in [5.41, 5.74) is 1.05. The fourth-order valence-electron chi connectivity index (χ4n) is 2.77. The first kappa shape index (κ1) is 22.3. The molecule has 0 unspecified atom stereocenters. The summed E-state index contributed by atoms with van der Waals surface area (Å²) in [5, 5.41) is 0. The van der Waals surface area contributed by atoms with Gasteiger partial charge in [-0.2, -0.15) is 0 Å². The van der Waals surface area contributed by atoms with E-state index in [-0.39, 0.29) is 18.6 Å². The molecule has 0 heterocycles. The van der Waals surface area contributed by atoms with Gasteiger partial charge in [0.25, 0.3) is 5.91 Å². The van der Waals surface area contributed by atoms with Crippen molar-refractivity contribution in [1.82, 2.24) is 0 Å². The van der Waals surface area contributed by atoms with E-state index in [0.29, 0.717) is 29.6 Å². The number of rotatable bonds is 9. The van der Waals surface area contributed by atoms with Crippen LogP contribution in [-0.4, -0.2) is 38.2 Å². The Balaban J connectivity index is 2.05. The lowest BCUT2D eigenvalue weighted by Gasteiger charge is -2.26. The SMILES string of the molecule is COc1cc(C(=O)OCC(=O)N(c2ccccc2)C(C)C)ccc1OCC(C)C. The normalized spacial score (nSPS) is 10.7. The number of carbonyl (C=O) groups is 2. The summed E-state index contributed by atoms with van der Waals surface area (Å²) in [6.07, 6.45) is 0. The number of methoxy groups -OCH3 is 1. The van der Waals surface area contributed by atoms with Crippen molar-refractivity contribution in [2.75, 3.05) is 25.2 Å². The molecular formula is C23H29NO5. The highest BCUT2D eigenvalue weighted by molar-refractivity contribution is 5.97. The van der Waals surface area contributed by atoms with Crippen LogP contribution in [0.3, 0.4) is 0 Å². The summed E-state index contributed by atoms with van der Waals surface area (Å²) in [6, 6.07) is 14.1. The van der Waals surface area contributed by atoms with Crippen molar-refractivity contribution in [2.24, 2.45) is 5.92 Å². The summed E-state index contributed by atoms with van der Waals surface area (Å²) >= 11 is 0. The molecule has 0 saturated carbocycles. The van der Waals surface area contributed by atoms with Gasteiger partial charge in [-0.25, -0.2) is 4.79 Å². The molecule has 0 aliphatic heterocycles. The van der Waals surface area contributed by atoms with E-state index in [1.165, 1.54) is 7.11 Å². The highest BCUT2D eigenvalue weighted by Gasteiger charge is 2.21. The number of para-hydroxylation sites is 1. The lowest BCUT2D eigenvalue weighted by Crippen LogP contribution is -2.39. The second kappa shape index (κ2) is 10.5. The number of anilines is 1. The maximum Gasteiger partial charge on any atom is 0.338 e. The molecule has 0 N–H and O–H groups in total. The van der Waals surface area contributed by atoms with Crippen LogP contribution in [0.5, 0.6) is 11.5 Å². The second-order valence-electron chi connectivity index (χ2n) is 7.34. The van der Waals surface area contributed by atoms with E-state index in [1.54, 1.807) is 23.1 Å². The maximum absolute atomic E-state index is 12.7. The van der Waals surface area contributed by atoms with E-state index < -0.39 is 5.97 Å². The Bertz CT molecular complexity index is 817. The molecule has 0 atom stereocenters. The van der Waals surface area contributed by atoms with E-state index in [9.17, 15) is 9.59 Å². The van der Waals surface area contributed by atoms with Gasteiger partial charge in [0.15, 0.2) is 18.1 Å². The van der Waals surface area contributed by atoms with Gasteiger partial charge in [0.2, 0.25) is 0 Å². The third-order valence-corrected chi connectivity index (χ3v) is 4.12. The number of carbonyl (C=O) groups excluding carboxylic acids is 2. The topological polar surface area (TPSA) is 65.1 Å². The van der Waals surface area contributed by atoms with E-state index in [2.05, 4.69) is 0 Å². The van der Waals surface area contributed by atoms with Crippen LogP contribution in [0.1, 0.15) is 38.1 Å². The Kier molecular flexibility index (Phi) is 8.07. The van der Waals surface area contributed by atoms with Crippen LogP contribution >= 0.6 is 0 Å². The van der Waals surface area contributed by atoms with E-state index >= 15 is 0 Å².